The summed E-state index contributed by atoms with van der Waals surface area (Å²) in [6.45, 7) is 2.53. The zero-order valence-electron chi connectivity index (χ0n) is 8.61. The summed E-state index contributed by atoms with van der Waals surface area (Å²) in [4.78, 5) is 0. The molecule has 2 N–H and O–H groups in total. The fourth-order valence-electron chi connectivity index (χ4n) is 1.05. The molecule has 6 heteroatoms. The number of hydrogen-bond acceptors (Lipinski definition) is 1. The monoisotopic (exact) mass is 248 g/mol. The van der Waals surface area contributed by atoms with Gasteiger partial charge in [0.1, 0.15) is 5.82 Å². The van der Waals surface area contributed by atoms with Crippen LogP contribution in [0.1, 0.15) is 13.3 Å². The van der Waals surface area contributed by atoms with Gasteiger partial charge in [-0.2, -0.15) is 0 Å². The molecule has 0 aliphatic heterocycles. The highest BCUT2D eigenvalue weighted by atomic mass is 32.1. The quantitative estimate of drug-likeness (QED) is 0.635. The lowest BCUT2D eigenvalue weighted by molar-refractivity contribution is 0.498. The standard InChI is InChI=1S/C10H11F3N2S/c1-2-3-14-10(16)15-8-5-6(11)4-7(12)9(8)13/h4-5H,2-3H2,1H3,(H2,14,15,16). The molecule has 88 valence electrons. The Morgan fingerprint density at radius 2 is 2.00 bits per heavy atom. The van der Waals surface area contributed by atoms with E-state index in [-0.39, 0.29) is 10.8 Å². The van der Waals surface area contributed by atoms with Crippen LogP contribution in [0.5, 0.6) is 0 Å². The van der Waals surface area contributed by atoms with E-state index in [4.69, 9.17) is 12.2 Å². The van der Waals surface area contributed by atoms with E-state index >= 15 is 0 Å². The normalized spacial score (nSPS) is 10.0. The lowest BCUT2D eigenvalue weighted by atomic mass is 10.3. The molecule has 0 radical (unpaired) electrons. The Morgan fingerprint density at radius 1 is 1.31 bits per heavy atom. The number of thiocarbonyl (C=S) groups is 1. The van der Waals surface area contributed by atoms with Crippen molar-refractivity contribution in [3.8, 4) is 0 Å². The van der Waals surface area contributed by atoms with E-state index in [1.807, 2.05) is 6.92 Å². The lowest BCUT2D eigenvalue weighted by Crippen LogP contribution is -2.29. The Balaban J connectivity index is 2.77. The van der Waals surface area contributed by atoms with Crippen LogP contribution in [-0.4, -0.2) is 11.7 Å². The number of rotatable bonds is 3. The lowest BCUT2D eigenvalue weighted by Gasteiger charge is -2.10. The summed E-state index contributed by atoms with van der Waals surface area (Å²) in [7, 11) is 0. The fraction of sp³-hybridized carbons (Fsp3) is 0.300. The van der Waals surface area contributed by atoms with Crippen molar-refractivity contribution >= 4 is 23.0 Å². The minimum atomic E-state index is -1.25. The van der Waals surface area contributed by atoms with Gasteiger partial charge in [-0.25, -0.2) is 13.2 Å². The number of anilines is 1. The molecular formula is C10H11F3N2S. The summed E-state index contributed by atoms with van der Waals surface area (Å²) in [5.41, 5.74) is -0.314. The van der Waals surface area contributed by atoms with Crippen LogP contribution in [0.15, 0.2) is 12.1 Å². The Morgan fingerprint density at radius 3 is 2.62 bits per heavy atom. The van der Waals surface area contributed by atoms with Crippen molar-refractivity contribution in [2.45, 2.75) is 13.3 Å². The molecule has 2 nitrogen and oxygen atoms in total. The van der Waals surface area contributed by atoms with Gasteiger partial charge < -0.3 is 10.6 Å². The molecular weight excluding hydrogens is 237 g/mol. The second-order valence-electron chi connectivity index (χ2n) is 3.13. The first-order valence-corrected chi connectivity index (χ1v) is 5.14. The molecule has 0 amide bonds. The van der Waals surface area contributed by atoms with Gasteiger partial charge in [-0.05, 0) is 18.6 Å². The molecule has 0 bridgehead atoms. The second kappa shape index (κ2) is 5.69. The summed E-state index contributed by atoms with van der Waals surface area (Å²) in [6.07, 6.45) is 0.835. The molecule has 1 rings (SSSR count). The molecule has 1 aromatic carbocycles. The zero-order chi connectivity index (χ0) is 12.1. The van der Waals surface area contributed by atoms with Gasteiger partial charge in [0.15, 0.2) is 16.7 Å². The predicted molar refractivity (Wildman–Crippen MR) is 60.8 cm³/mol. The van der Waals surface area contributed by atoms with Crippen molar-refractivity contribution in [1.82, 2.24) is 5.32 Å². The van der Waals surface area contributed by atoms with Crippen molar-refractivity contribution in [2.75, 3.05) is 11.9 Å². The van der Waals surface area contributed by atoms with Crippen LogP contribution >= 0.6 is 12.2 Å². The maximum atomic E-state index is 13.2. The van der Waals surface area contributed by atoms with E-state index in [0.29, 0.717) is 12.6 Å². The number of halogens is 3. The largest absolute Gasteiger partial charge is 0.362 e. The second-order valence-corrected chi connectivity index (χ2v) is 3.54. The maximum absolute atomic E-state index is 13.2. The van der Waals surface area contributed by atoms with Crippen LogP contribution in [0.3, 0.4) is 0 Å². The molecule has 0 aliphatic rings. The highest BCUT2D eigenvalue weighted by molar-refractivity contribution is 7.80. The highest BCUT2D eigenvalue weighted by Gasteiger charge is 2.11. The maximum Gasteiger partial charge on any atom is 0.182 e. The van der Waals surface area contributed by atoms with Gasteiger partial charge >= 0.3 is 0 Å². The van der Waals surface area contributed by atoms with Crippen LogP contribution in [-0.2, 0) is 0 Å². The predicted octanol–water partition coefficient (Wildman–Crippen LogP) is 2.80. The summed E-state index contributed by atoms with van der Waals surface area (Å²) in [5, 5.41) is 5.28. The molecule has 0 aliphatic carbocycles. The van der Waals surface area contributed by atoms with Crippen molar-refractivity contribution in [2.24, 2.45) is 0 Å². The zero-order valence-corrected chi connectivity index (χ0v) is 9.43. The topological polar surface area (TPSA) is 24.1 Å². The van der Waals surface area contributed by atoms with Crippen molar-refractivity contribution in [1.29, 1.82) is 0 Å². The Hall–Kier alpha value is -1.30. The first-order valence-electron chi connectivity index (χ1n) is 4.74. The van der Waals surface area contributed by atoms with Crippen LogP contribution in [0.25, 0.3) is 0 Å². The first kappa shape index (κ1) is 12.8. The average Bonchev–Trinajstić information content (AvgIpc) is 2.22. The SMILES string of the molecule is CCCNC(=S)Nc1cc(F)cc(F)c1F. The van der Waals surface area contributed by atoms with Gasteiger partial charge in [0.2, 0.25) is 0 Å². The van der Waals surface area contributed by atoms with E-state index in [1.165, 1.54) is 0 Å². The van der Waals surface area contributed by atoms with Crippen molar-refractivity contribution in [3.05, 3.63) is 29.6 Å². The summed E-state index contributed by atoms with van der Waals surface area (Å²) in [6, 6.07) is 1.32. The smallest absolute Gasteiger partial charge is 0.182 e. The molecule has 0 atom stereocenters. The van der Waals surface area contributed by atoms with Gasteiger partial charge in [0, 0.05) is 18.7 Å². The van der Waals surface area contributed by atoms with E-state index in [1.54, 1.807) is 0 Å². The minimum Gasteiger partial charge on any atom is -0.362 e. The van der Waals surface area contributed by atoms with E-state index in [2.05, 4.69) is 10.6 Å². The third kappa shape index (κ3) is 3.37. The number of hydrogen-bond donors (Lipinski definition) is 2. The van der Waals surface area contributed by atoms with E-state index < -0.39 is 17.5 Å². The average molecular weight is 248 g/mol. The van der Waals surface area contributed by atoms with Gasteiger partial charge in [-0.1, -0.05) is 6.92 Å². The summed E-state index contributed by atoms with van der Waals surface area (Å²) < 4.78 is 38.8. The molecule has 1 aromatic rings. The van der Waals surface area contributed by atoms with E-state index in [9.17, 15) is 13.2 Å². The summed E-state index contributed by atoms with van der Waals surface area (Å²) >= 11 is 4.81. The van der Waals surface area contributed by atoms with E-state index in [0.717, 1.165) is 12.5 Å². The molecule has 0 unspecified atom stereocenters. The molecule has 16 heavy (non-hydrogen) atoms. The molecule has 0 spiro atoms. The number of nitrogens with one attached hydrogen (secondary N) is 2. The van der Waals surface area contributed by atoms with Crippen LogP contribution in [0.2, 0.25) is 0 Å². The highest BCUT2D eigenvalue weighted by Crippen LogP contribution is 2.18. The Labute approximate surface area is 96.8 Å². The third-order valence-electron chi connectivity index (χ3n) is 1.78. The van der Waals surface area contributed by atoms with Gasteiger partial charge in [0.05, 0.1) is 5.69 Å². The van der Waals surface area contributed by atoms with Gasteiger partial charge in [0.25, 0.3) is 0 Å². The molecule has 0 heterocycles. The summed E-state index contributed by atoms with van der Waals surface area (Å²) in [5.74, 6) is -3.26. The van der Waals surface area contributed by atoms with Gasteiger partial charge in [-0.15, -0.1) is 0 Å². The third-order valence-corrected chi connectivity index (χ3v) is 2.02. The van der Waals surface area contributed by atoms with Crippen LogP contribution < -0.4 is 10.6 Å². The minimum absolute atomic E-state index is 0.130. The first-order chi connectivity index (χ1) is 7.54. The van der Waals surface area contributed by atoms with Crippen LogP contribution in [0.4, 0.5) is 18.9 Å². The number of benzene rings is 1. The van der Waals surface area contributed by atoms with Gasteiger partial charge in [-0.3, -0.25) is 0 Å². The Kier molecular flexibility index (Phi) is 4.54. The van der Waals surface area contributed by atoms with Crippen molar-refractivity contribution < 1.29 is 13.2 Å². The molecule has 0 saturated heterocycles. The Bertz CT molecular complexity index is 396. The van der Waals surface area contributed by atoms with Crippen LogP contribution in [0, 0.1) is 17.5 Å². The molecule has 0 fully saturated rings. The van der Waals surface area contributed by atoms with Crippen molar-refractivity contribution in [3.63, 3.8) is 0 Å². The molecule has 0 saturated carbocycles. The fourth-order valence-corrected chi connectivity index (χ4v) is 1.26. The molecule has 0 aromatic heterocycles.